The highest BCUT2D eigenvalue weighted by molar-refractivity contribution is 5.26. The Labute approximate surface area is 125 Å². The highest BCUT2D eigenvalue weighted by atomic mass is 19.4. The van der Waals surface area contributed by atoms with Gasteiger partial charge in [0.2, 0.25) is 0 Å². The summed E-state index contributed by atoms with van der Waals surface area (Å²) in [6.07, 6.45) is -4.03. The molecular weight excluding hydrogens is 277 g/mol. The lowest BCUT2D eigenvalue weighted by molar-refractivity contribution is -0.135. The van der Waals surface area contributed by atoms with Crippen LogP contribution in [0.25, 0.3) is 0 Å². The van der Waals surface area contributed by atoms with E-state index in [0.29, 0.717) is 13.0 Å². The molecule has 0 fully saturated rings. The molecule has 0 spiro atoms. The van der Waals surface area contributed by atoms with E-state index >= 15 is 0 Å². The van der Waals surface area contributed by atoms with Crippen molar-refractivity contribution >= 4 is 0 Å². The third-order valence-corrected chi connectivity index (χ3v) is 3.34. The van der Waals surface area contributed by atoms with Crippen LogP contribution in [-0.4, -0.2) is 31.2 Å². The lowest BCUT2D eigenvalue weighted by atomic mass is 10.1. The second-order valence-corrected chi connectivity index (χ2v) is 5.80. The largest absolute Gasteiger partial charge is 0.389 e. The Hall–Kier alpha value is -1.07. The molecule has 0 aliphatic heterocycles. The molecule has 5 heteroatoms. The van der Waals surface area contributed by atoms with E-state index in [0.717, 1.165) is 6.54 Å². The Kier molecular flexibility index (Phi) is 7.18. The van der Waals surface area contributed by atoms with Gasteiger partial charge in [0, 0.05) is 25.6 Å². The third-order valence-electron chi connectivity index (χ3n) is 3.34. The first kappa shape index (κ1) is 18.0. The standard InChI is InChI=1S/C16H25F3N2/c1-13(7-6-10-16(17,18)19)20-11-14-8-4-5-9-15(14)12-21(2)3/h4-5,8-9,13,20H,6-7,10-12H2,1-3H3. The maximum atomic E-state index is 12.1. The molecule has 1 atom stereocenters. The maximum Gasteiger partial charge on any atom is 0.389 e. The normalized spacial score (nSPS) is 13.7. The Morgan fingerprint density at radius 1 is 1.14 bits per heavy atom. The average Bonchev–Trinajstić information content (AvgIpc) is 2.35. The number of rotatable bonds is 8. The van der Waals surface area contributed by atoms with Gasteiger partial charge in [-0.2, -0.15) is 13.2 Å². The van der Waals surface area contributed by atoms with Crippen LogP contribution < -0.4 is 5.32 Å². The monoisotopic (exact) mass is 302 g/mol. The lowest BCUT2D eigenvalue weighted by Gasteiger charge is -2.18. The van der Waals surface area contributed by atoms with Crippen molar-refractivity contribution in [3.05, 3.63) is 35.4 Å². The van der Waals surface area contributed by atoms with Crippen LogP contribution in [0, 0.1) is 0 Å². The van der Waals surface area contributed by atoms with Gasteiger partial charge in [-0.15, -0.1) is 0 Å². The molecule has 0 saturated heterocycles. The van der Waals surface area contributed by atoms with Crippen LogP contribution in [0.2, 0.25) is 0 Å². The summed E-state index contributed by atoms with van der Waals surface area (Å²) in [5.74, 6) is 0. The maximum absolute atomic E-state index is 12.1. The Balaban J connectivity index is 2.40. The molecule has 120 valence electrons. The first-order valence-electron chi connectivity index (χ1n) is 7.29. The predicted octanol–water partition coefficient (Wildman–Crippen LogP) is 3.96. The molecule has 1 unspecified atom stereocenters. The number of hydrogen-bond acceptors (Lipinski definition) is 2. The van der Waals surface area contributed by atoms with Crippen molar-refractivity contribution in [1.82, 2.24) is 10.2 Å². The fraction of sp³-hybridized carbons (Fsp3) is 0.625. The van der Waals surface area contributed by atoms with Crippen molar-refractivity contribution in [2.75, 3.05) is 14.1 Å². The summed E-state index contributed by atoms with van der Waals surface area (Å²) in [6, 6.07) is 8.24. The topological polar surface area (TPSA) is 15.3 Å². The molecule has 0 saturated carbocycles. The van der Waals surface area contributed by atoms with Crippen LogP contribution in [0.15, 0.2) is 24.3 Å². The molecule has 0 aromatic heterocycles. The highest BCUT2D eigenvalue weighted by Gasteiger charge is 2.26. The van der Waals surface area contributed by atoms with E-state index in [1.54, 1.807) is 0 Å². The van der Waals surface area contributed by atoms with Gasteiger partial charge >= 0.3 is 6.18 Å². The molecule has 1 rings (SSSR count). The van der Waals surface area contributed by atoms with E-state index < -0.39 is 12.6 Å². The third kappa shape index (κ3) is 8.07. The molecule has 0 aliphatic carbocycles. The molecule has 0 aliphatic rings. The molecular formula is C16H25F3N2. The van der Waals surface area contributed by atoms with Gasteiger partial charge in [0.1, 0.15) is 0 Å². The van der Waals surface area contributed by atoms with E-state index in [4.69, 9.17) is 0 Å². The molecule has 0 radical (unpaired) electrons. The van der Waals surface area contributed by atoms with Gasteiger partial charge in [-0.05, 0) is 45.0 Å². The predicted molar refractivity (Wildman–Crippen MR) is 80.0 cm³/mol. The number of nitrogens with zero attached hydrogens (tertiary/aromatic N) is 1. The van der Waals surface area contributed by atoms with Gasteiger partial charge in [0.05, 0.1) is 0 Å². The molecule has 0 amide bonds. The van der Waals surface area contributed by atoms with Crippen molar-refractivity contribution in [3.8, 4) is 0 Å². The average molecular weight is 302 g/mol. The van der Waals surface area contributed by atoms with Gasteiger partial charge in [-0.3, -0.25) is 0 Å². The van der Waals surface area contributed by atoms with Gasteiger partial charge < -0.3 is 10.2 Å². The summed E-state index contributed by atoms with van der Waals surface area (Å²) in [7, 11) is 4.04. The summed E-state index contributed by atoms with van der Waals surface area (Å²) < 4.78 is 36.3. The zero-order chi connectivity index (χ0) is 15.9. The minimum atomic E-state index is -4.04. The van der Waals surface area contributed by atoms with E-state index in [9.17, 15) is 13.2 Å². The highest BCUT2D eigenvalue weighted by Crippen LogP contribution is 2.22. The van der Waals surface area contributed by atoms with E-state index in [1.165, 1.54) is 11.1 Å². The van der Waals surface area contributed by atoms with Crippen molar-refractivity contribution < 1.29 is 13.2 Å². The molecule has 1 aromatic rings. The summed E-state index contributed by atoms with van der Waals surface area (Å²) in [5, 5.41) is 3.31. The first-order chi connectivity index (χ1) is 9.78. The van der Waals surface area contributed by atoms with Crippen LogP contribution in [0.3, 0.4) is 0 Å². The molecule has 0 bridgehead atoms. The number of nitrogens with one attached hydrogen (secondary N) is 1. The SMILES string of the molecule is CC(CCCC(F)(F)F)NCc1ccccc1CN(C)C. The van der Waals surface area contributed by atoms with Gasteiger partial charge in [0.25, 0.3) is 0 Å². The van der Waals surface area contributed by atoms with Crippen molar-refractivity contribution in [3.63, 3.8) is 0 Å². The zero-order valence-electron chi connectivity index (χ0n) is 13.0. The van der Waals surface area contributed by atoms with Crippen LogP contribution in [0.5, 0.6) is 0 Å². The summed E-state index contributed by atoms with van der Waals surface area (Å²) in [4.78, 5) is 2.10. The summed E-state index contributed by atoms with van der Waals surface area (Å²) >= 11 is 0. The van der Waals surface area contributed by atoms with Gasteiger partial charge in [0.15, 0.2) is 0 Å². The fourth-order valence-corrected chi connectivity index (χ4v) is 2.22. The van der Waals surface area contributed by atoms with Crippen molar-refractivity contribution in [1.29, 1.82) is 0 Å². The van der Waals surface area contributed by atoms with E-state index in [2.05, 4.69) is 22.3 Å². The van der Waals surface area contributed by atoms with Crippen LogP contribution in [-0.2, 0) is 13.1 Å². The number of alkyl halides is 3. The molecule has 1 N–H and O–H groups in total. The summed E-state index contributed by atoms with van der Waals surface area (Å²) in [5.41, 5.74) is 2.45. The Bertz CT molecular complexity index is 416. The first-order valence-corrected chi connectivity index (χ1v) is 7.29. The quantitative estimate of drug-likeness (QED) is 0.782. The molecule has 1 aromatic carbocycles. The minimum Gasteiger partial charge on any atom is -0.310 e. The second kappa shape index (κ2) is 8.39. The Morgan fingerprint density at radius 2 is 1.76 bits per heavy atom. The number of benzene rings is 1. The second-order valence-electron chi connectivity index (χ2n) is 5.80. The molecule has 0 heterocycles. The molecule has 21 heavy (non-hydrogen) atoms. The Morgan fingerprint density at radius 3 is 2.33 bits per heavy atom. The van der Waals surface area contributed by atoms with E-state index in [-0.39, 0.29) is 12.5 Å². The van der Waals surface area contributed by atoms with Gasteiger partial charge in [-0.25, -0.2) is 0 Å². The van der Waals surface area contributed by atoms with Crippen LogP contribution in [0.1, 0.15) is 37.3 Å². The van der Waals surface area contributed by atoms with E-state index in [1.807, 2.05) is 33.2 Å². The van der Waals surface area contributed by atoms with Crippen LogP contribution in [0.4, 0.5) is 13.2 Å². The van der Waals surface area contributed by atoms with Crippen molar-refractivity contribution in [2.45, 2.75) is 51.5 Å². The lowest BCUT2D eigenvalue weighted by Crippen LogP contribution is -2.26. The fourth-order valence-electron chi connectivity index (χ4n) is 2.22. The molecule has 2 nitrogen and oxygen atoms in total. The van der Waals surface area contributed by atoms with Crippen LogP contribution >= 0.6 is 0 Å². The van der Waals surface area contributed by atoms with Gasteiger partial charge in [-0.1, -0.05) is 24.3 Å². The summed E-state index contributed by atoms with van der Waals surface area (Å²) in [6.45, 7) is 3.49. The number of hydrogen-bond donors (Lipinski definition) is 1. The zero-order valence-corrected chi connectivity index (χ0v) is 13.0. The smallest absolute Gasteiger partial charge is 0.310 e. The number of halogens is 3. The minimum absolute atomic E-state index is 0.0831. The van der Waals surface area contributed by atoms with Crippen molar-refractivity contribution in [2.24, 2.45) is 0 Å².